The minimum absolute atomic E-state index is 0.462. The molecule has 2 bridgehead atoms. The number of hydrogen-bond donors (Lipinski definition) is 1. The summed E-state index contributed by atoms with van der Waals surface area (Å²) in [6, 6.07) is 7.09. The van der Waals surface area contributed by atoms with Crippen molar-refractivity contribution >= 4 is 15.9 Å². The minimum atomic E-state index is 0.462. The number of aryl methyl sites for hydroxylation is 1. The summed E-state index contributed by atoms with van der Waals surface area (Å²) in [6.45, 7) is 3.05. The zero-order chi connectivity index (χ0) is 11.8. The highest BCUT2D eigenvalue weighted by Crippen LogP contribution is 2.34. The van der Waals surface area contributed by atoms with Gasteiger partial charge >= 0.3 is 0 Å². The molecule has 0 aromatic heterocycles. The van der Waals surface area contributed by atoms with Gasteiger partial charge < -0.3 is 10.1 Å². The van der Waals surface area contributed by atoms with Crippen LogP contribution < -0.4 is 5.32 Å². The van der Waals surface area contributed by atoms with Crippen LogP contribution >= 0.6 is 15.9 Å². The maximum absolute atomic E-state index is 5.85. The van der Waals surface area contributed by atoms with E-state index in [9.17, 15) is 0 Å². The molecule has 3 rings (SSSR count). The van der Waals surface area contributed by atoms with E-state index in [-0.39, 0.29) is 0 Å². The Balaban J connectivity index is 1.60. The molecule has 17 heavy (non-hydrogen) atoms. The van der Waals surface area contributed by atoms with Gasteiger partial charge in [0, 0.05) is 17.1 Å². The lowest BCUT2D eigenvalue weighted by molar-refractivity contribution is 0.0973. The van der Waals surface area contributed by atoms with Crippen LogP contribution in [0.1, 0.15) is 30.4 Å². The SMILES string of the molecule is Cc1ccc(CNC2CC3CCC2O3)c(Br)c1. The Labute approximate surface area is 111 Å². The highest BCUT2D eigenvalue weighted by molar-refractivity contribution is 9.10. The van der Waals surface area contributed by atoms with Gasteiger partial charge in [-0.05, 0) is 43.4 Å². The maximum atomic E-state index is 5.85. The van der Waals surface area contributed by atoms with Gasteiger partial charge in [0.15, 0.2) is 0 Å². The predicted octanol–water partition coefficient (Wildman–Crippen LogP) is 3.17. The second kappa shape index (κ2) is 4.71. The summed E-state index contributed by atoms with van der Waals surface area (Å²) < 4.78 is 7.05. The average Bonchev–Trinajstić information content (AvgIpc) is 2.89. The zero-order valence-electron chi connectivity index (χ0n) is 10.1. The van der Waals surface area contributed by atoms with Gasteiger partial charge in [0.1, 0.15) is 0 Å². The molecule has 0 aliphatic carbocycles. The van der Waals surface area contributed by atoms with Crippen LogP contribution in [-0.2, 0) is 11.3 Å². The number of fused-ring (bicyclic) bond motifs is 2. The summed E-state index contributed by atoms with van der Waals surface area (Å²) in [4.78, 5) is 0. The molecule has 2 aliphatic rings. The number of benzene rings is 1. The molecule has 2 nitrogen and oxygen atoms in total. The molecule has 2 saturated heterocycles. The lowest BCUT2D eigenvalue weighted by atomic mass is 9.95. The van der Waals surface area contributed by atoms with Crippen LogP contribution in [0, 0.1) is 6.92 Å². The standard InChI is InChI=1S/C14H18BrNO/c1-9-2-3-10(12(15)6-9)8-16-13-7-11-4-5-14(13)17-11/h2-3,6,11,13-14,16H,4-5,7-8H2,1H3. The van der Waals surface area contributed by atoms with Crippen molar-refractivity contribution in [1.29, 1.82) is 0 Å². The molecule has 3 unspecified atom stereocenters. The number of nitrogens with one attached hydrogen (secondary N) is 1. The maximum Gasteiger partial charge on any atom is 0.0733 e. The van der Waals surface area contributed by atoms with Crippen LogP contribution in [0.3, 0.4) is 0 Å². The van der Waals surface area contributed by atoms with Crippen LogP contribution in [0.25, 0.3) is 0 Å². The summed E-state index contributed by atoms with van der Waals surface area (Å²) in [5.74, 6) is 0. The van der Waals surface area contributed by atoms with E-state index >= 15 is 0 Å². The monoisotopic (exact) mass is 295 g/mol. The number of ether oxygens (including phenoxy) is 1. The lowest BCUT2D eigenvalue weighted by Crippen LogP contribution is -2.37. The van der Waals surface area contributed by atoms with Gasteiger partial charge in [-0.1, -0.05) is 28.1 Å². The normalized spacial score (nSPS) is 31.1. The molecule has 0 spiro atoms. The molecule has 2 aliphatic heterocycles. The van der Waals surface area contributed by atoms with Gasteiger partial charge in [0.25, 0.3) is 0 Å². The fourth-order valence-electron chi connectivity index (χ4n) is 2.89. The predicted molar refractivity (Wildman–Crippen MR) is 72.0 cm³/mol. The van der Waals surface area contributed by atoms with Gasteiger partial charge in [-0.25, -0.2) is 0 Å². The summed E-state index contributed by atoms with van der Waals surface area (Å²) in [5, 5.41) is 3.63. The van der Waals surface area contributed by atoms with Crippen molar-refractivity contribution < 1.29 is 4.74 Å². The van der Waals surface area contributed by atoms with Crippen LogP contribution in [-0.4, -0.2) is 18.2 Å². The first kappa shape index (κ1) is 11.7. The Hall–Kier alpha value is -0.380. The largest absolute Gasteiger partial charge is 0.373 e. The second-order valence-electron chi connectivity index (χ2n) is 5.19. The molecule has 3 heteroatoms. The van der Waals surface area contributed by atoms with Crippen molar-refractivity contribution in [1.82, 2.24) is 5.32 Å². The Morgan fingerprint density at radius 1 is 1.41 bits per heavy atom. The average molecular weight is 296 g/mol. The lowest BCUT2D eigenvalue weighted by Gasteiger charge is -2.20. The van der Waals surface area contributed by atoms with Crippen LogP contribution in [0.5, 0.6) is 0 Å². The number of hydrogen-bond acceptors (Lipinski definition) is 2. The number of rotatable bonds is 3. The van der Waals surface area contributed by atoms with Crippen molar-refractivity contribution in [3.8, 4) is 0 Å². The number of halogens is 1. The van der Waals surface area contributed by atoms with Crippen molar-refractivity contribution in [2.75, 3.05) is 0 Å². The first-order valence-corrected chi connectivity index (χ1v) is 7.15. The van der Waals surface area contributed by atoms with E-state index in [1.165, 1.54) is 34.9 Å². The zero-order valence-corrected chi connectivity index (χ0v) is 11.7. The minimum Gasteiger partial charge on any atom is -0.373 e. The van der Waals surface area contributed by atoms with E-state index in [4.69, 9.17) is 4.74 Å². The third-order valence-electron chi connectivity index (χ3n) is 3.87. The Bertz CT molecular complexity index is 421. The van der Waals surface area contributed by atoms with E-state index in [2.05, 4.69) is 46.4 Å². The summed E-state index contributed by atoms with van der Waals surface area (Å²) in [5.41, 5.74) is 2.63. The molecule has 2 heterocycles. The molecular formula is C14H18BrNO. The molecule has 2 fully saturated rings. The summed E-state index contributed by atoms with van der Waals surface area (Å²) >= 11 is 3.63. The third-order valence-corrected chi connectivity index (χ3v) is 4.61. The Morgan fingerprint density at radius 3 is 2.94 bits per heavy atom. The van der Waals surface area contributed by atoms with Crippen molar-refractivity contribution in [2.24, 2.45) is 0 Å². The van der Waals surface area contributed by atoms with E-state index in [0.717, 1.165) is 6.54 Å². The van der Waals surface area contributed by atoms with Gasteiger partial charge in [0.2, 0.25) is 0 Å². The molecule has 0 saturated carbocycles. The topological polar surface area (TPSA) is 21.3 Å². The molecule has 1 aromatic rings. The molecule has 92 valence electrons. The summed E-state index contributed by atoms with van der Waals surface area (Å²) in [6.07, 6.45) is 4.67. The quantitative estimate of drug-likeness (QED) is 0.925. The Kier molecular flexibility index (Phi) is 3.24. The van der Waals surface area contributed by atoms with Gasteiger partial charge in [-0.2, -0.15) is 0 Å². The fraction of sp³-hybridized carbons (Fsp3) is 0.571. The van der Waals surface area contributed by atoms with Gasteiger partial charge in [0.05, 0.1) is 12.2 Å². The smallest absolute Gasteiger partial charge is 0.0733 e. The summed E-state index contributed by atoms with van der Waals surface area (Å²) in [7, 11) is 0. The molecule has 1 N–H and O–H groups in total. The van der Waals surface area contributed by atoms with Gasteiger partial charge in [-0.15, -0.1) is 0 Å². The van der Waals surface area contributed by atoms with E-state index in [1.54, 1.807) is 0 Å². The Morgan fingerprint density at radius 2 is 2.29 bits per heavy atom. The van der Waals surface area contributed by atoms with E-state index < -0.39 is 0 Å². The second-order valence-corrected chi connectivity index (χ2v) is 6.05. The fourth-order valence-corrected chi connectivity index (χ4v) is 3.52. The van der Waals surface area contributed by atoms with Gasteiger partial charge in [-0.3, -0.25) is 0 Å². The van der Waals surface area contributed by atoms with Crippen LogP contribution in [0.15, 0.2) is 22.7 Å². The van der Waals surface area contributed by atoms with E-state index in [0.29, 0.717) is 18.2 Å². The van der Waals surface area contributed by atoms with Crippen LogP contribution in [0.2, 0.25) is 0 Å². The third kappa shape index (κ3) is 2.42. The highest BCUT2D eigenvalue weighted by Gasteiger charge is 2.40. The highest BCUT2D eigenvalue weighted by atomic mass is 79.9. The van der Waals surface area contributed by atoms with Crippen molar-refractivity contribution in [3.05, 3.63) is 33.8 Å². The van der Waals surface area contributed by atoms with Crippen LogP contribution in [0.4, 0.5) is 0 Å². The van der Waals surface area contributed by atoms with Crippen molar-refractivity contribution in [3.63, 3.8) is 0 Å². The van der Waals surface area contributed by atoms with E-state index in [1.807, 2.05) is 0 Å². The molecule has 3 atom stereocenters. The molecular weight excluding hydrogens is 278 g/mol. The first-order chi connectivity index (χ1) is 8.22. The first-order valence-electron chi connectivity index (χ1n) is 6.36. The van der Waals surface area contributed by atoms with Crippen molar-refractivity contribution in [2.45, 2.75) is 51.0 Å². The molecule has 0 radical (unpaired) electrons. The molecule has 0 amide bonds. The molecule has 1 aromatic carbocycles.